The Bertz CT molecular complexity index is 452. The average Bonchev–Trinajstić information content (AvgIpc) is 2.70. The monoisotopic (exact) mass is 237 g/mol. The normalized spacial score (nSPS) is 25.8. The van der Waals surface area contributed by atoms with E-state index in [1.54, 1.807) is 6.20 Å². The summed E-state index contributed by atoms with van der Waals surface area (Å²) in [7, 11) is 1.42. The van der Waals surface area contributed by atoms with Gasteiger partial charge in [-0.05, 0) is 6.07 Å². The van der Waals surface area contributed by atoms with E-state index in [-0.39, 0.29) is 17.3 Å². The predicted octanol–water partition coefficient (Wildman–Crippen LogP) is 0.743. The highest BCUT2D eigenvalue weighted by molar-refractivity contribution is 8.00. The Hall–Kier alpha value is -1.27. The molecule has 2 aliphatic rings. The summed E-state index contributed by atoms with van der Waals surface area (Å²) in [5.41, 5.74) is 2.15. The lowest BCUT2D eigenvalue weighted by atomic mass is 10.0. The Balaban J connectivity index is 2.04. The van der Waals surface area contributed by atoms with Gasteiger partial charge in [0, 0.05) is 17.4 Å². The van der Waals surface area contributed by atoms with E-state index in [0.717, 1.165) is 16.3 Å². The second-order valence-electron chi connectivity index (χ2n) is 3.67. The molecule has 2 N–H and O–H groups in total. The highest BCUT2D eigenvalue weighted by Gasteiger charge is 2.42. The Morgan fingerprint density at radius 1 is 1.69 bits per heavy atom. The molecule has 0 aromatic carbocycles. The molecular formula is C10H11N3O2S. The minimum atomic E-state index is -0.226. The second kappa shape index (κ2) is 3.64. The fraction of sp³-hybridized carbons (Fsp3) is 0.400. The lowest BCUT2D eigenvalue weighted by Gasteiger charge is -2.26. The smallest absolute Gasteiger partial charge is 0.321 e. The molecule has 0 spiro atoms. The van der Waals surface area contributed by atoms with Crippen molar-refractivity contribution in [2.45, 2.75) is 16.3 Å². The van der Waals surface area contributed by atoms with Gasteiger partial charge in [0.1, 0.15) is 10.3 Å². The Kier molecular flexibility index (Phi) is 2.26. The molecule has 6 heteroatoms. The van der Waals surface area contributed by atoms with Crippen molar-refractivity contribution in [1.29, 1.82) is 0 Å². The van der Waals surface area contributed by atoms with Gasteiger partial charge < -0.3 is 10.1 Å². The van der Waals surface area contributed by atoms with E-state index in [2.05, 4.69) is 15.6 Å². The van der Waals surface area contributed by atoms with Gasteiger partial charge in [0.05, 0.1) is 19.8 Å². The number of pyridine rings is 1. The summed E-state index contributed by atoms with van der Waals surface area (Å²) in [6, 6.07) is 1.95. The van der Waals surface area contributed by atoms with Crippen LogP contribution in [0, 0.1) is 0 Å². The van der Waals surface area contributed by atoms with Crippen LogP contribution in [0.25, 0.3) is 0 Å². The highest BCUT2D eigenvalue weighted by Crippen LogP contribution is 2.47. The van der Waals surface area contributed by atoms with Crippen LogP contribution in [0.5, 0.6) is 0 Å². The maximum atomic E-state index is 11.7. The van der Waals surface area contributed by atoms with E-state index in [0.29, 0.717) is 6.67 Å². The van der Waals surface area contributed by atoms with Gasteiger partial charge in [0.15, 0.2) is 0 Å². The number of nitrogens with one attached hydrogen (secondary N) is 2. The third-order valence-electron chi connectivity index (χ3n) is 2.84. The topological polar surface area (TPSA) is 63.2 Å². The molecule has 0 saturated carbocycles. The van der Waals surface area contributed by atoms with Crippen LogP contribution in [0.3, 0.4) is 0 Å². The van der Waals surface area contributed by atoms with E-state index < -0.39 is 0 Å². The SMILES string of the molecule is COC(=O)C1Sc2nccc3c2C1NCN3. The van der Waals surface area contributed by atoms with Gasteiger partial charge in [0.25, 0.3) is 0 Å². The van der Waals surface area contributed by atoms with Crippen LogP contribution in [0.15, 0.2) is 17.3 Å². The molecule has 2 unspecified atom stereocenters. The molecule has 84 valence electrons. The quantitative estimate of drug-likeness (QED) is 0.703. The minimum absolute atomic E-state index is 0.0115. The Labute approximate surface area is 97.0 Å². The number of thioether (sulfide) groups is 1. The van der Waals surface area contributed by atoms with Gasteiger partial charge in [0.2, 0.25) is 0 Å². The van der Waals surface area contributed by atoms with Gasteiger partial charge in [-0.15, -0.1) is 0 Å². The molecule has 0 amide bonds. The summed E-state index contributed by atoms with van der Waals surface area (Å²) in [6.45, 7) is 0.662. The zero-order valence-corrected chi connectivity index (χ0v) is 9.50. The Morgan fingerprint density at radius 2 is 2.56 bits per heavy atom. The first-order chi connectivity index (χ1) is 7.81. The number of rotatable bonds is 1. The maximum Gasteiger partial charge on any atom is 0.321 e. The van der Waals surface area contributed by atoms with E-state index >= 15 is 0 Å². The van der Waals surface area contributed by atoms with Gasteiger partial charge in [-0.1, -0.05) is 11.8 Å². The first-order valence-corrected chi connectivity index (χ1v) is 5.90. The van der Waals surface area contributed by atoms with Crippen LogP contribution < -0.4 is 10.6 Å². The summed E-state index contributed by atoms with van der Waals surface area (Å²) in [6.07, 6.45) is 1.76. The summed E-state index contributed by atoms with van der Waals surface area (Å²) >= 11 is 1.47. The molecule has 5 nitrogen and oxygen atoms in total. The second-order valence-corrected chi connectivity index (χ2v) is 4.80. The van der Waals surface area contributed by atoms with Crippen molar-refractivity contribution in [3.8, 4) is 0 Å². The number of aromatic nitrogens is 1. The van der Waals surface area contributed by atoms with E-state index in [1.807, 2.05) is 6.07 Å². The van der Waals surface area contributed by atoms with Crippen LogP contribution >= 0.6 is 11.8 Å². The first kappa shape index (κ1) is 9.92. The molecule has 0 bridgehead atoms. The van der Waals surface area contributed by atoms with Crippen molar-refractivity contribution in [2.75, 3.05) is 19.1 Å². The molecule has 2 aliphatic heterocycles. The van der Waals surface area contributed by atoms with Crippen molar-refractivity contribution in [3.63, 3.8) is 0 Å². The summed E-state index contributed by atoms with van der Waals surface area (Å²) in [5.74, 6) is -0.201. The van der Waals surface area contributed by atoms with Crippen LogP contribution in [0.2, 0.25) is 0 Å². The molecule has 2 atom stereocenters. The van der Waals surface area contributed by atoms with Crippen molar-refractivity contribution < 1.29 is 9.53 Å². The van der Waals surface area contributed by atoms with Crippen LogP contribution in [-0.4, -0.2) is 30.0 Å². The minimum Gasteiger partial charge on any atom is -0.468 e. The van der Waals surface area contributed by atoms with Crippen molar-refractivity contribution in [3.05, 3.63) is 17.8 Å². The zero-order chi connectivity index (χ0) is 11.1. The summed E-state index contributed by atoms with van der Waals surface area (Å²) in [5, 5.41) is 7.19. The molecule has 3 heterocycles. The number of carbonyl (C=O) groups excluding carboxylic acids is 1. The van der Waals surface area contributed by atoms with Crippen molar-refractivity contribution in [1.82, 2.24) is 10.3 Å². The molecule has 16 heavy (non-hydrogen) atoms. The van der Waals surface area contributed by atoms with Crippen molar-refractivity contribution in [2.24, 2.45) is 0 Å². The molecule has 0 aliphatic carbocycles. The molecule has 3 rings (SSSR count). The summed E-state index contributed by atoms with van der Waals surface area (Å²) in [4.78, 5) is 16.0. The number of esters is 1. The van der Waals surface area contributed by atoms with Gasteiger partial charge in [-0.3, -0.25) is 10.1 Å². The van der Waals surface area contributed by atoms with Crippen LogP contribution in [0.4, 0.5) is 5.69 Å². The Morgan fingerprint density at radius 3 is 3.38 bits per heavy atom. The fourth-order valence-electron chi connectivity index (χ4n) is 2.11. The van der Waals surface area contributed by atoms with Gasteiger partial charge in [-0.25, -0.2) is 4.98 Å². The molecular weight excluding hydrogens is 226 g/mol. The molecule has 0 saturated heterocycles. The zero-order valence-electron chi connectivity index (χ0n) is 8.69. The number of methoxy groups -OCH3 is 1. The fourth-order valence-corrected chi connectivity index (χ4v) is 3.39. The van der Waals surface area contributed by atoms with Gasteiger partial charge >= 0.3 is 5.97 Å². The molecule has 0 radical (unpaired) electrons. The molecule has 0 fully saturated rings. The van der Waals surface area contributed by atoms with Crippen molar-refractivity contribution >= 4 is 23.4 Å². The van der Waals surface area contributed by atoms with Gasteiger partial charge in [-0.2, -0.15) is 0 Å². The standard InChI is InChI=1S/C10H11N3O2S/c1-15-10(14)8-7-6-5(12-4-13-7)2-3-11-9(6)16-8/h2-3,7-8,12-13H,4H2,1H3. The number of nitrogens with zero attached hydrogens (tertiary/aromatic N) is 1. The summed E-state index contributed by atoms with van der Waals surface area (Å²) < 4.78 is 4.81. The number of carbonyl (C=O) groups is 1. The van der Waals surface area contributed by atoms with E-state index in [9.17, 15) is 4.79 Å². The molecule has 1 aromatic heterocycles. The number of hydrogen-bond acceptors (Lipinski definition) is 6. The third-order valence-corrected chi connectivity index (χ3v) is 4.11. The predicted molar refractivity (Wildman–Crippen MR) is 60.3 cm³/mol. The average molecular weight is 237 g/mol. The van der Waals surface area contributed by atoms with E-state index in [4.69, 9.17) is 4.74 Å². The lowest BCUT2D eigenvalue weighted by Crippen LogP contribution is -2.39. The first-order valence-electron chi connectivity index (χ1n) is 5.02. The lowest BCUT2D eigenvalue weighted by molar-refractivity contribution is -0.140. The highest BCUT2D eigenvalue weighted by atomic mass is 32.2. The number of anilines is 1. The third kappa shape index (κ3) is 1.30. The largest absolute Gasteiger partial charge is 0.468 e. The molecule has 1 aromatic rings. The van der Waals surface area contributed by atoms with E-state index in [1.165, 1.54) is 18.9 Å². The van der Waals surface area contributed by atoms with Crippen LogP contribution in [-0.2, 0) is 9.53 Å². The number of ether oxygens (including phenoxy) is 1. The number of hydrogen-bond donors (Lipinski definition) is 2. The maximum absolute atomic E-state index is 11.7. The van der Waals surface area contributed by atoms with Crippen LogP contribution in [0.1, 0.15) is 11.6 Å².